The first-order valence-electron chi connectivity index (χ1n) is 5.10. The fourth-order valence-electron chi connectivity index (χ4n) is 1.88. The van der Waals surface area contributed by atoms with E-state index in [1.54, 1.807) is 0 Å². The topological polar surface area (TPSA) is 12.0 Å². The van der Waals surface area contributed by atoms with Gasteiger partial charge in [-0.05, 0) is 42.5 Å². The molecule has 1 N–H and O–H groups in total. The van der Waals surface area contributed by atoms with Crippen molar-refractivity contribution in [3.8, 4) is 0 Å². The van der Waals surface area contributed by atoms with Gasteiger partial charge < -0.3 is 5.32 Å². The van der Waals surface area contributed by atoms with Crippen molar-refractivity contribution in [3.63, 3.8) is 0 Å². The summed E-state index contributed by atoms with van der Waals surface area (Å²) in [5.41, 5.74) is 1.62. The molecule has 1 aromatic rings. The van der Waals surface area contributed by atoms with Gasteiger partial charge in [0.1, 0.15) is 0 Å². The molecule has 0 amide bonds. The minimum atomic E-state index is 0.444. The van der Waals surface area contributed by atoms with Crippen molar-refractivity contribution < 1.29 is 0 Å². The SMILES string of the molecule is CC1(C)CCC1Nc1ccc(Cl)cc1. The van der Waals surface area contributed by atoms with Gasteiger partial charge in [-0.25, -0.2) is 0 Å². The normalized spacial score (nSPS) is 24.1. The molecule has 1 unspecified atom stereocenters. The Morgan fingerprint density at radius 3 is 2.36 bits per heavy atom. The first kappa shape index (κ1) is 9.85. The first-order valence-corrected chi connectivity index (χ1v) is 5.48. The molecule has 14 heavy (non-hydrogen) atoms. The predicted octanol–water partition coefficient (Wildman–Crippen LogP) is 3.94. The second-order valence-electron chi connectivity index (χ2n) is 4.73. The van der Waals surface area contributed by atoms with Gasteiger partial charge >= 0.3 is 0 Å². The van der Waals surface area contributed by atoms with Crippen molar-refractivity contribution in [2.45, 2.75) is 32.7 Å². The van der Waals surface area contributed by atoms with E-state index in [0.29, 0.717) is 11.5 Å². The lowest BCUT2D eigenvalue weighted by Gasteiger charge is -2.45. The Morgan fingerprint density at radius 1 is 1.29 bits per heavy atom. The van der Waals surface area contributed by atoms with E-state index in [2.05, 4.69) is 19.2 Å². The second-order valence-corrected chi connectivity index (χ2v) is 5.17. The quantitative estimate of drug-likeness (QED) is 0.778. The summed E-state index contributed by atoms with van der Waals surface area (Å²) in [5.74, 6) is 0. The summed E-state index contributed by atoms with van der Waals surface area (Å²) in [6.07, 6.45) is 2.59. The Labute approximate surface area is 90.5 Å². The summed E-state index contributed by atoms with van der Waals surface area (Å²) in [7, 11) is 0. The summed E-state index contributed by atoms with van der Waals surface area (Å²) in [5, 5.41) is 4.33. The number of hydrogen-bond donors (Lipinski definition) is 1. The predicted molar refractivity (Wildman–Crippen MR) is 61.9 cm³/mol. The van der Waals surface area contributed by atoms with Gasteiger partial charge in [-0.2, -0.15) is 0 Å². The summed E-state index contributed by atoms with van der Waals surface area (Å²) in [4.78, 5) is 0. The third kappa shape index (κ3) is 1.88. The Balaban J connectivity index is 2.01. The average Bonchev–Trinajstić information content (AvgIpc) is 2.15. The zero-order valence-corrected chi connectivity index (χ0v) is 9.43. The van der Waals surface area contributed by atoms with Gasteiger partial charge in [-0.1, -0.05) is 25.4 Å². The van der Waals surface area contributed by atoms with Crippen molar-refractivity contribution in [1.29, 1.82) is 0 Å². The van der Waals surface area contributed by atoms with Gasteiger partial charge in [-0.15, -0.1) is 0 Å². The molecule has 0 heterocycles. The van der Waals surface area contributed by atoms with Gasteiger partial charge in [0.25, 0.3) is 0 Å². The van der Waals surface area contributed by atoms with Crippen LogP contribution in [0.15, 0.2) is 24.3 Å². The fraction of sp³-hybridized carbons (Fsp3) is 0.500. The maximum atomic E-state index is 5.82. The minimum Gasteiger partial charge on any atom is -0.382 e. The molecule has 76 valence electrons. The highest BCUT2D eigenvalue weighted by atomic mass is 35.5. The summed E-state index contributed by atoms with van der Waals surface area (Å²) in [6.45, 7) is 4.62. The Hall–Kier alpha value is -0.690. The van der Waals surface area contributed by atoms with Gasteiger partial charge in [-0.3, -0.25) is 0 Å². The largest absolute Gasteiger partial charge is 0.382 e. The van der Waals surface area contributed by atoms with E-state index in [1.165, 1.54) is 18.5 Å². The molecular formula is C12H16ClN. The molecule has 0 bridgehead atoms. The molecule has 1 fully saturated rings. The molecule has 2 heteroatoms. The maximum absolute atomic E-state index is 5.82. The molecule has 0 saturated heterocycles. The van der Waals surface area contributed by atoms with Gasteiger partial charge in [0.15, 0.2) is 0 Å². The molecule has 0 radical (unpaired) electrons. The molecule has 1 aliphatic rings. The van der Waals surface area contributed by atoms with E-state index in [9.17, 15) is 0 Å². The van der Waals surface area contributed by atoms with Crippen LogP contribution in [0.3, 0.4) is 0 Å². The molecule has 1 aromatic carbocycles. The van der Waals surface area contributed by atoms with Crippen molar-refractivity contribution in [2.24, 2.45) is 5.41 Å². The summed E-state index contributed by atoms with van der Waals surface area (Å²) in [6, 6.07) is 8.54. The van der Waals surface area contributed by atoms with E-state index in [4.69, 9.17) is 11.6 Å². The van der Waals surface area contributed by atoms with E-state index in [0.717, 1.165) is 5.02 Å². The number of anilines is 1. The van der Waals surface area contributed by atoms with Gasteiger partial charge in [0.05, 0.1) is 0 Å². The highest BCUT2D eigenvalue weighted by Crippen LogP contribution is 2.41. The van der Waals surface area contributed by atoms with Crippen LogP contribution in [0.25, 0.3) is 0 Å². The van der Waals surface area contributed by atoms with Crippen LogP contribution in [-0.2, 0) is 0 Å². The highest BCUT2D eigenvalue weighted by Gasteiger charge is 2.38. The van der Waals surface area contributed by atoms with E-state index in [1.807, 2.05) is 24.3 Å². The second kappa shape index (κ2) is 3.47. The van der Waals surface area contributed by atoms with E-state index >= 15 is 0 Å². The van der Waals surface area contributed by atoms with Crippen LogP contribution in [-0.4, -0.2) is 6.04 Å². The smallest absolute Gasteiger partial charge is 0.0407 e. The number of hydrogen-bond acceptors (Lipinski definition) is 1. The number of nitrogens with one attached hydrogen (secondary N) is 1. The molecule has 1 atom stereocenters. The number of halogens is 1. The lowest BCUT2D eigenvalue weighted by atomic mass is 9.67. The van der Waals surface area contributed by atoms with Crippen LogP contribution < -0.4 is 5.32 Å². The lowest BCUT2D eigenvalue weighted by Crippen LogP contribution is -2.45. The molecule has 1 saturated carbocycles. The van der Waals surface area contributed by atoms with E-state index in [-0.39, 0.29) is 0 Å². The number of rotatable bonds is 2. The zero-order valence-electron chi connectivity index (χ0n) is 8.68. The first-order chi connectivity index (χ1) is 6.58. The van der Waals surface area contributed by atoms with Crippen LogP contribution in [0, 0.1) is 5.41 Å². The Morgan fingerprint density at radius 2 is 1.93 bits per heavy atom. The van der Waals surface area contributed by atoms with E-state index < -0.39 is 0 Å². The Bertz CT molecular complexity index is 316. The van der Waals surface area contributed by atoms with Crippen LogP contribution in [0.1, 0.15) is 26.7 Å². The zero-order chi connectivity index (χ0) is 10.2. The molecular weight excluding hydrogens is 194 g/mol. The van der Waals surface area contributed by atoms with Crippen molar-refractivity contribution in [3.05, 3.63) is 29.3 Å². The Kier molecular flexibility index (Phi) is 2.44. The van der Waals surface area contributed by atoms with Crippen molar-refractivity contribution in [1.82, 2.24) is 0 Å². The average molecular weight is 210 g/mol. The molecule has 1 aliphatic carbocycles. The molecule has 2 rings (SSSR count). The maximum Gasteiger partial charge on any atom is 0.0407 e. The number of benzene rings is 1. The molecule has 0 aromatic heterocycles. The molecule has 0 aliphatic heterocycles. The summed E-state index contributed by atoms with van der Waals surface area (Å²) >= 11 is 5.82. The third-order valence-corrected chi connectivity index (χ3v) is 3.46. The van der Waals surface area contributed by atoms with Crippen LogP contribution in [0.5, 0.6) is 0 Å². The fourth-order valence-corrected chi connectivity index (χ4v) is 2.01. The van der Waals surface area contributed by atoms with Crippen molar-refractivity contribution in [2.75, 3.05) is 5.32 Å². The van der Waals surface area contributed by atoms with Crippen LogP contribution in [0.2, 0.25) is 5.02 Å². The third-order valence-electron chi connectivity index (χ3n) is 3.21. The molecule has 0 spiro atoms. The standard InChI is InChI=1S/C12H16ClN/c1-12(2)8-7-11(12)14-10-5-3-9(13)4-6-10/h3-6,11,14H,7-8H2,1-2H3. The monoisotopic (exact) mass is 209 g/mol. The minimum absolute atomic E-state index is 0.444. The van der Waals surface area contributed by atoms with Gasteiger partial charge in [0, 0.05) is 16.8 Å². The lowest BCUT2D eigenvalue weighted by molar-refractivity contribution is 0.160. The highest BCUT2D eigenvalue weighted by molar-refractivity contribution is 6.30. The van der Waals surface area contributed by atoms with Crippen molar-refractivity contribution >= 4 is 17.3 Å². The van der Waals surface area contributed by atoms with Crippen LogP contribution in [0.4, 0.5) is 5.69 Å². The van der Waals surface area contributed by atoms with Crippen LogP contribution >= 0.6 is 11.6 Å². The molecule has 1 nitrogen and oxygen atoms in total. The summed E-state index contributed by atoms with van der Waals surface area (Å²) < 4.78 is 0. The van der Waals surface area contributed by atoms with Gasteiger partial charge in [0.2, 0.25) is 0 Å².